The van der Waals surface area contributed by atoms with Crippen LogP contribution in [-0.2, 0) is 27.1 Å². The summed E-state index contributed by atoms with van der Waals surface area (Å²) in [7, 11) is 0. The molecule has 370 valence electrons. The number of rotatable bonds is 9. The van der Waals surface area contributed by atoms with E-state index < -0.39 is 5.41 Å². The Morgan fingerprint density at radius 3 is 1.42 bits per heavy atom. The van der Waals surface area contributed by atoms with Crippen LogP contribution in [0.1, 0.15) is 126 Å². The van der Waals surface area contributed by atoms with Gasteiger partial charge < -0.3 is 9.80 Å². The van der Waals surface area contributed by atoms with E-state index >= 15 is 0 Å². The van der Waals surface area contributed by atoms with Crippen LogP contribution in [0.2, 0.25) is 0 Å². The second-order valence-corrected chi connectivity index (χ2v) is 24.2. The quantitative estimate of drug-likeness (QED) is 0.135. The summed E-state index contributed by atoms with van der Waals surface area (Å²) in [5, 5.41) is 2.42. The summed E-state index contributed by atoms with van der Waals surface area (Å²) in [4.78, 5) is 10.2. The fraction of sp³-hybridized carbons (Fsp3) is 0.243. The van der Waals surface area contributed by atoms with Crippen molar-refractivity contribution in [3.05, 3.63) is 263 Å². The Hall–Kier alpha value is -7.69. The standard InChI is InChI=1S/C70H70N4/c1-66(2,3)51-35-37-61-60(44-51)59-36-34-54(45-64(59)74(61)65-46-52(38-39-71-65)69(10,11)48-24-15-12-16-25-48)70(49-26-17-13-18-27-49,50-28-19-14-20-29-50)53-30-23-31-57(41-53)72-47-73(63-33-22-21-32-62(63)72)58-42-55(67(4,5)6)40-56(43-58)68(7,8)9/h12-46H,47H2,1-11H3. The van der Waals surface area contributed by atoms with E-state index in [1.54, 1.807) is 0 Å². The average molecular weight is 967 g/mol. The average Bonchev–Trinajstić information content (AvgIpc) is 3.95. The van der Waals surface area contributed by atoms with Gasteiger partial charge in [0.05, 0.1) is 27.8 Å². The van der Waals surface area contributed by atoms with Gasteiger partial charge in [-0.1, -0.05) is 216 Å². The molecule has 4 nitrogen and oxygen atoms in total. The number of anilines is 4. The van der Waals surface area contributed by atoms with Crippen molar-refractivity contribution in [1.82, 2.24) is 9.55 Å². The Labute approximate surface area is 440 Å². The van der Waals surface area contributed by atoms with Crippen molar-refractivity contribution in [2.75, 3.05) is 16.5 Å². The number of hydrogen-bond acceptors (Lipinski definition) is 3. The molecule has 10 aromatic rings. The number of aromatic nitrogens is 2. The normalized spacial score (nSPS) is 13.5. The zero-order chi connectivity index (χ0) is 51.8. The highest BCUT2D eigenvalue weighted by atomic mass is 15.4. The first kappa shape index (κ1) is 48.6. The second kappa shape index (κ2) is 18.1. The van der Waals surface area contributed by atoms with Crippen molar-refractivity contribution in [3.63, 3.8) is 0 Å². The van der Waals surface area contributed by atoms with Gasteiger partial charge in [0.15, 0.2) is 0 Å². The van der Waals surface area contributed by atoms with E-state index in [2.05, 4.69) is 297 Å². The maximum atomic E-state index is 5.22. The third-order valence-electron chi connectivity index (χ3n) is 16.0. The number of para-hydroxylation sites is 2. The molecule has 0 spiro atoms. The van der Waals surface area contributed by atoms with Crippen LogP contribution in [0.3, 0.4) is 0 Å². The van der Waals surface area contributed by atoms with Crippen LogP contribution in [0.15, 0.2) is 212 Å². The van der Waals surface area contributed by atoms with Gasteiger partial charge in [0.1, 0.15) is 12.5 Å². The molecule has 0 unspecified atom stereocenters. The van der Waals surface area contributed by atoms with E-state index in [4.69, 9.17) is 4.98 Å². The van der Waals surface area contributed by atoms with Crippen molar-refractivity contribution < 1.29 is 0 Å². The highest BCUT2D eigenvalue weighted by Gasteiger charge is 2.40. The van der Waals surface area contributed by atoms with Crippen LogP contribution in [0.25, 0.3) is 27.6 Å². The van der Waals surface area contributed by atoms with Gasteiger partial charge >= 0.3 is 0 Å². The lowest BCUT2D eigenvalue weighted by Gasteiger charge is -2.37. The molecule has 0 N–H and O–H groups in total. The molecular weight excluding hydrogens is 897 g/mol. The van der Waals surface area contributed by atoms with Crippen LogP contribution < -0.4 is 9.80 Å². The fourth-order valence-corrected chi connectivity index (χ4v) is 11.5. The Morgan fingerprint density at radius 2 is 0.838 bits per heavy atom. The number of pyridine rings is 1. The summed E-state index contributed by atoms with van der Waals surface area (Å²) in [6, 6.07) is 77.4. The monoisotopic (exact) mass is 967 g/mol. The number of hydrogen-bond donors (Lipinski definition) is 0. The van der Waals surface area contributed by atoms with Crippen LogP contribution in [-0.4, -0.2) is 16.2 Å². The van der Waals surface area contributed by atoms with Crippen LogP contribution in [0.4, 0.5) is 22.7 Å². The maximum absolute atomic E-state index is 5.22. The van der Waals surface area contributed by atoms with Crippen molar-refractivity contribution in [2.45, 2.75) is 103 Å². The molecular formula is C70H70N4. The minimum Gasteiger partial charge on any atom is -0.321 e. The van der Waals surface area contributed by atoms with E-state index in [0.717, 1.165) is 22.5 Å². The lowest BCUT2D eigenvalue weighted by Crippen LogP contribution is -2.31. The molecule has 0 atom stereocenters. The van der Waals surface area contributed by atoms with Gasteiger partial charge in [0.25, 0.3) is 0 Å². The lowest BCUT2D eigenvalue weighted by molar-refractivity contribution is 0.568. The summed E-state index contributed by atoms with van der Waals surface area (Å²) >= 11 is 0. The summed E-state index contributed by atoms with van der Waals surface area (Å²) < 4.78 is 2.41. The van der Waals surface area contributed by atoms with Gasteiger partial charge in [-0.05, 0) is 133 Å². The van der Waals surface area contributed by atoms with Crippen LogP contribution in [0, 0.1) is 0 Å². The topological polar surface area (TPSA) is 24.3 Å². The molecule has 0 amide bonds. The molecule has 8 aromatic carbocycles. The number of benzene rings is 8. The first-order valence-corrected chi connectivity index (χ1v) is 26.5. The lowest BCUT2D eigenvalue weighted by atomic mass is 9.65. The Balaban J connectivity index is 1.14. The van der Waals surface area contributed by atoms with Crippen molar-refractivity contribution in [3.8, 4) is 5.82 Å². The minimum atomic E-state index is -0.725. The second-order valence-electron chi connectivity index (χ2n) is 24.2. The van der Waals surface area contributed by atoms with Gasteiger partial charge in [0.2, 0.25) is 0 Å². The fourth-order valence-electron chi connectivity index (χ4n) is 11.5. The Morgan fingerprint density at radius 1 is 0.338 bits per heavy atom. The molecule has 0 radical (unpaired) electrons. The number of fused-ring (bicyclic) bond motifs is 4. The first-order valence-electron chi connectivity index (χ1n) is 26.5. The van der Waals surface area contributed by atoms with Crippen LogP contribution >= 0.6 is 0 Å². The third-order valence-corrected chi connectivity index (χ3v) is 16.0. The molecule has 0 aliphatic carbocycles. The van der Waals surface area contributed by atoms with Gasteiger partial charge in [0, 0.05) is 33.8 Å². The van der Waals surface area contributed by atoms with Crippen LogP contribution in [0.5, 0.6) is 0 Å². The summed E-state index contributed by atoms with van der Waals surface area (Å²) in [6.07, 6.45) is 1.99. The Bertz CT molecular complexity index is 3600. The van der Waals surface area contributed by atoms with Gasteiger partial charge in [-0.2, -0.15) is 0 Å². The first-order chi connectivity index (χ1) is 35.3. The van der Waals surface area contributed by atoms with E-state index in [1.165, 1.54) is 77.9 Å². The molecule has 11 rings (SSSR count). The highest BCUT2D eigenvalue weighted by Crippen LogP contribution is 2.51. The number of nitrogens with zero attached hydrogens (tertiary/aromatic N) is 4. The van der Waals surface area contributed by atoms with Gasteiger partial charge in [-0.15, -0.1) is 0 Å². The minimum absolute atomic E-state index is 0.00590. The predicted octanol–water partition coefficient (Wildman–Crippen LogP) is 18.0. The predicted molar refractivity (Wildman–Crippen MR) is 314 cm³/mol. The summed E-state index contributed by atoms with van der Waals surface area (Å²) in [5.41, 5.74) is 17.2. The Kier molecular flexibility index (Phi) is 11.9. The summed E-state index contributed by atoms with van der Waals surface area (Å²) in [5.74, 6) is 0.902. The molecule has 1 aliphatic heterocycles. The zero-order valence-electron chi connectivity index (χ0n) is 45.2. The van der Waals surface area contributed by atoms with E-state index in [-0.39, 0.29) is 21.7 Å². The van der Waals surface area contributed by atoms with E-state index in [1.807, 2.05) is 6.20 Å². The molecule has 4 heteroatoms. The molecule has 2 aromatic heterocycles. The van der Waals surface area contributed by atoms with E-state index in [0.29, 0.717) is 6.67 Å². The van der Waals surface area contributed by atoms with Crippen molar-refractivity contribution in [2.24, 2.45) is 0 Å². The molecule has 0 saturated heterocycles. The zero-order valence-corrected chi connectivity index (χ0v) is 45.2. The van der Waals surface area contributed by atoms with Gasteiger partial charge in [-0.25, -0.2) is 4.98 Å². The molecule has 3 heterocycles. The van der Waals surface area contributed by atoms with Gasteiger partial charge in [-0.3, -0.25) is 4.57 Å². The molecule has 1 aliphatic rings. The van der Waals surface area contributed by atoms with E-state index in [9.17, 15) is 0 Å². The summed E-state index contributed by atoms with van der Waals surface area (Å²) in [6.45, 7) is 26.1. The largest absolute Gasteiger partial charge is 0.321 e. The molecule has 74 heavy (non-hydrogen) atoms. The molecule has 0 fully saturated rings. The van der Waals surface area contributed by atoms with Crippen molar-refractivity contribution >= 4 is 44.6 Å². The molecule has 0 saturated carbocycles. The maximum Gasteiger partial charge on any atom is 0.137 e. The third kappa shape index (κ3) is 8.39. The highest BCUT2D eigenvalue weighted by molar-refractivity contribution is 6.10. The SMILES string of the molecule is CC(C)(C)c1cc(N2CN(c3cccc(C(c4ccccc4)(c4ccccc4)c4ccc5c6cc(C(C)(C)C)ccc6n(-c6cc(C(C)(C)c7ccccc7)ccn6)c5c4)c3)c3ccccc32)cc(C(C)(C)C)c1. The molecule has 0 bridgehead atoms. The smallest absolute Gasteiger partial charge is 0.137 e. The van der Waals surface area contributed by atoms with Crippen molar-refractivity contribution in [1.29, 1.82) is 0 Å².